The van der Waals surface area contributed by atoms with Gasteiger partial charge >= 0.3 is 6.09 Å². The molecule has 0 spiro atoms. The van der Waals surface area contributed by atoms with Crippen LogP contribution in [0.25, 0.3) is 0 Å². The number of hydrogen-bond acceptors (Lipinski definition) is 2. The summed E-state index contributed by atoms with van der Waals surface area (Å²) in [6, 6.07) is 0. The first-order valence-electron chi connectivity index (χ1n) is 4.53. The second-order valence-corrected chi connectivity index (χ2v) is 3.79. The molecular formula is C10H19NO2. The van der Waals surface area contributed by atoms with Crippen LogP contribution in [0.1, 0.15) is 34.1 Å². The molecule has 0 saturated carbocycles. The van der Waals surface area contributed by atoms with E-state index >= 15 is 0 Å². The van der Waals surface area contributed by atoms with Gasteiger partial charge < -0.3 is 10.1 Å². The normalized spacial score (nSPS) is 11.7. The molecule has 76 valence electrons. The number of ether oxygens (including phenoxy) is 1. The van der Waals surface area contributed by atoms with Crippen LogP contribution >= 0.6 is 0 Å². The minimum atomic E-state index is -0.412. The fourth-order valence-corrected chi connectivity index (χ4v) is 0.738. The van der Waals surface area contributed by atoms with E-state index in [9.17, 15) is 4.79 Å². The zero-order chi connectivity index (χ0) is 10.3. The van der Waals surface area contributed by atoms with Crippen LogP contribution < -0.4 is 5.32 Å². The Kier molecular flexibility index (Phi) is 5.19. The van der Waals surface area contributed by atoms with E-state index in [4.69, 9.17) is 4.74 Å². The first-order valence-corrected chi connectivity index (χ1v) is 4.53. The van der Waals surface area contributed by atoms with E-state index in [-0.39, 0.29) is 6.09 Å². The highest BCUT2D eigenvalue weighted by Gasteiger charge is 2.14. The van der Waals surface area contributed by atoms with Gasteiger partial charge in [0.25, 0.3) is 0 Å². The Labute approximate surface area is 80.2 Å². The third kappa shape index (κ3) is 8.92. The Morgan fingerprint density at radius 3 is 2.54 bits per heavy atom. The summed E-state index contributed by atoms with van der Waals surface area (Å²) < 4.78 is 5.04. The Hall–Kier alpha value is -0.990. The van der Waals surface area contributed by atoms with Crippen molar-refractivity contribution in [1.82, 2.24) is 5.32 Å². The Morgan fingerprint density at radius 1 is 1.46 bits per heavy atom. The largest absolute Gasteiger partial charge is 0.444 e. The standard InChI is InChI=1S/C10H19NO2/c1-5-6-7-8-11-9(12)13-10(2,3)4/h5-6H,7-8H2,1-4H3,(H,11,12). The predicted molar refractivity (Wildman–Crippen MR) is 53.7 cm³/mol. The molecule has 0 aromatic heterocycles. The molecule has 0 aliphatic carbocycles. The lowest BCUT2D eigenvalue weighted by molar-refractivity contribution is 0.0529. The molecule has 1 amide bonds. The van der Waals surface area contributed by atoms with Gasteiger partial charge in [-0.25, -0.2) is 4.79 Å². The first kappa shape index (κ1) is 12.0. The molecule has 1 N–H and O–H groups in total. The van der Waals surface area contributed by atoms with Crippen molar-refractivity contribution >= 4 is 6.09 Å². The molecule has 0 aliphatic heterocycles. The maximum atomic E-state index is 11.1. The zero-order valence-electron chi connectivity index (χ0n) is 8.89. The minimum Gasteiger partial charge on any atom is -0.444 e. The number of hydrogen-bond donors (Lipinski definition) is 1. The number of alkyl carbamates (subject to hydrolysis) is 1. The molecule has 0 aromatic rings. The number of nitrogens with one attached hydrogen (secondary N) is 1. The monoisotopic (exact) mass is 185 g/mol. The molecule has 0 atom stereocenters. The number of rotatable bonds is 3. The number of carbonyl (C=O) groups is 1. The summed E-state index contributed by atoms with van der Waals surface area (Å²) in [6.45, 7) is 8.11. The Bertz CT molecular complexity index is 180. The lowest BCUT2D eigenvalue weighted by Gasteiger charge is -2.19. The lowest BCUT2D eigenvalue weighted by atomic mass is 10.2. The highest BCUT2D eigenvalue weighted by Crippen LogP contribution is 2.06. The van der Waals surface area contributed by atoms with Crippen LogP contribution in [0.3, 0.4) is 0 Å². The van der Waals surface area contributed by atoms with Crippen molar-refractivity contribution in [3.8, 4) is 0 Å². The third-order valence-electron chi connectivity index (χ3n) is 1.21. The van der Waals surface area contributed by atoms with Crippen molar-refractivity contribution in [2.75, 3.05) is 6.54 Å². The van der Waals surface area contributed by atoms with Gasteiger partial charge in [0, 0.05) is 6.54 Å². The molecule has 13 heavy (non-hydrogen) atoms. The van der Waals surface area contributed by atoms with Crippen LogP contribution in [-0.4, -0.2) is 18.2 Å². The van der Waals surface area contributed by atoms with Gasteiger partial charge in [0.15, 0.2) is 0 Å². The van der Waals surface area contributed by atoms with Gasteiger partial charge in [-0.15, -0.1) is 0 Å². The van der Waals surface area contributed by atoms with Crippen molar-refractivity contribution < 1.29 is 9.53 Å². The summed E-state index contributed by atoms with van der Waals surface area (Å²) >= 11 is 0. The van der Waals surface area contributed by atoms with E-state index in [1.165, 1.54) is 0 Å². The molecule has 0 unspecified atom stereocenters. The molecule has 0 radical (unpaired) electrons. The molecule has 0 aromatic carbocycles. The summed E-state index contributed by atoms with van der Waals surface area (Å²) in [4.78, 5) is 11.1. The van der Waals surface area contributed by atoms with Crippen LogP contribution in [0.4, 0.5) is 4.79 Å². The highest BCUT2D eigenvalue weighted by atomic mass is 16.6. The van der Waals surface area contributed by atoms with Gasteiger partial charge in [0.2, 0.25) is 0 Å². The van der Waals surface area contributed by atoms with E-state index < -0.39 is 5.60 Å². The molecule has 0 bridgehead atoms. The van der Waals surface area contributed by atoms with Crippen molar-refractivity contribution in [2.45, 2.75) is 39.7 Å². The van der Waals surface area contributed by atoms with Crippen molar-refractivity contribution in [2.24, 2.45) is 0 Å². The maximum Gasteiger partial charge on any atom is 0.407 e. The van der Waals surface area contributed by atoms with E-state index in [1.807, 2.05) is 39.8 Å². The summed E-state index contributed by atoms with van der Waals surface area (Å²) in [5, 5.41) is 2.66. The molecule has 0 fully saturated rings. The fraction of sp³-hybridized carbons (Fsp3) is 0.700. The van der Waals surface area contributed by atoms with Gasteiger partial charge in [-0.2, -0.15) is 0 Å². The second kappa shape index (κ2) is 5.62. The van der Waals surface area contributed by atoms with E-state index in [1.54, 1.807) is 0 Å². The van der Waals surface area contributed by atoms with E-state index in [0.717, 1.165) is 6.42 Å². The molecule has 0 saturated heterocycles. The average Bonchev–Trinajstić information content (AvgIpc) is 1.94. The van der Waals surface area contributed by atoms with Crippen LogP contribution in [0.5, 0.6) is 0 Å². The minimum absolute atomic E-state index is 0.350. The predicted octanol–water partition coefficient (Wildman–Crippen LogP) is 2.48. The Balaban J connectivity index is 3.52. The zero-order valence-corrected chi connectivity index (χ0v) is 8.89. The lowest BCUT2D eigenvalue weighted by Crippen LogP contribution is -2.32. The molecule has 0 aliphatic rings. The van der Waals surface area contributed by atoms with Gasteiger partial charge in [-0.3, -0.25) is 0 Å². The molecule has 3 nitrogen and oxygen atoms in total. The first-order chi connectivity index (χ1) is 5.95. The van der Waals surface area contributed by atoms with Crippen LogP contribution in [0.2, 0.25) is 0 Å². The second-order valence-electron chi connectivity index (χ2n) is 3.79. The smallest absolute Gasteiger partial charge is 0.407 e. The molecular weight excluding hydrogens is 166 g/mol. The van der Waals surface area contributed by atoms with E-state index in [0.29, 0.717) is 6.54 Å². The Morgan fingerprint density at radius 2 is 2.08 bits per heavy atom. The van der Waals surface area contributed by atoms with Gasteiger partial charge in [-0.1, -0.05) is 12.2 Å². The summed E-state index contributed by atoms with van der Waals surface area (Å²) in [5.41, 5.74) is -0.412. The number of amides is 1. The third-order valence-corrected chi connectivity index (χ3v) is 1.21. The number of allylic oxidation sites excluding steroid dienone is 1. The molecule has 0 rings (SSSR count). The number of carbonyl (C=O) groups excluding carboxylic acids is 1. The summed E-state index contributed by atoms with van der Waals surface area (Å²) in [6.07, 6.45) is 4.45. The molecule has 3 heteroatoms. The quantitative estimate of drug-likeness (QED) is 0.542. The van der Waals surface area contributed by atoms with Gasteiger partial charge in [0.05, 0.1) is 0 Å². The topological polar surface area (TPSA) is 38.3 Å². The van der Waals surface area contributed by atoms with E-state index in [2.05, 4.69) is 5.32 Å². The van der Waals surface area contributed by atoms with Crippen molar-refractivity contribution in [3.63, 3.8) is 0 Å². The van der Waals surface area contributed by atoms with Crippen LogP contribution in [-0.2, 0) is 4.74 Å². The summed E-state index contributed by atoms with van der Waals surface area (Å²) in [5.74, 6) is 0. The van der Waals surface area contributed by atoms with Crippen molar-refractivity contribution in [1.29, 1.82) is 0 Å². The van der Waals surface area contributed by atoms with Gasteiger partial charge in [-0.05, 0) is 34.1 Å². The van der Waals surface area contributed by atoms with Crippen LogP contribution in [0.15, 0.2) is 12.2 Å². The summed E-state index contributed by atoms with van der Waals surface area (Å²) in [7, 11) is 0. The fourth-order valence-electron chi connectivity index (χ4n) is 0.738. The highest BCUT2D eigenvalue weighted by molar-refractivity contribution is 5.67. The van der Waals surface area contributed by atoms with Crippen LogP contribution in [0, 0.1) is 0 Å². The molecule has 0 heterocycles. The van der Waals surface area contributed by atoms with Gasteiger partial charge in [0.1, 0.15) is 5.60 Å². The maximum absolute atomic E-state index is 11.1. The SMILES string of the molecule is CC=CCCNC(=O)OC(C)(C)C. The van der Waals surface area contributed by atoms with Crippen molar-refractivity contribution in [3.05, 3.63) is 12.2 Å². The average molecular weight is 185 g/mol.